The number of rotatable bonds is 5. The highest BCUT2D eigenvalue weighted by Crippen LogP contribution is 2.22. The van der Waals surface area contributed by atoms with E-state index in [-0.39, 0.29) is 6.42 Å². The summed E-state index contributed by atoms with van der Waals surface area (Å²) in [4.78, 5) is 17.0. The zero-order valence-corrected chi connectivity index (χ0v) is 11.8. The second-order valence-electron chi connectivity index (χ2n) is 4.47. The number of aliphatic carboxylic acids is 1. The van der Waals surface area contributed by atoms with E-state index in [4.69, 9.17) is 5.11 Å². The minimum atomic E-state index is -0.849. The topological polar surface area (TPSA) is 53.4 Å². The summed E-state index contributed by atoms with van der Waals surface area (Å²) in [6.45, 7) is 2.85. The molecule has 19 heavy (non-hydrogen) atoms. The van der Waals surface area contributed by atoms with E-state index in [1.54, 1.807) is 5.38 Å². The first-order valence-electron chi connectivity index (χ1n) is 5.98. The molecule has 0 aliphatic rings. The molecular formula is C14H16N2O2S. The van der Waals surface area contributed by atoms with Gasteiger partial charge in [0, 0.05) is 19.0 Å². The lowest BCUT2D eigenvalue weighted by molar-refractivity contribution is -0.136. The van der Waals surface area contributed by atoms with Gasteiger partial charge in [0.15, 0.2) is 5.13 Å². The van der Waals surface area contributed by atoms with E-state index in [1.807, 2.05) is 24.1 Å². The molecule has 0 saturated heterocycles. The fourth-order valence-corrected chi connectivity index (χ4v) is 2.61. The van der Waals surface area contributed by atoms with Gasteiger partial charge in [-0.2, -0.15) is 0 Å². The molecule has 4 nitrogen and oxygen atoms in total. The molecule has 0 aliphatic heterocycles. The minimum absolute atomic E-state index is 0.0191. The Hall–Kier alpha value is -1.88. The molecule has 2 aromatic rings. The summed E-state index contributed by atoms with van der Waals surface area (Å²) in [5.74, 6) is -0.849. The molecule has 1 heterocycles. The summed E-state index contributed by atoms with van der Waals surface area (Å²) < 4.78 is 0. The highest BCUT2D eigenvalue weighted by molar-refractivity contribution is 7.13. The lowest BCUT2D eigenvalue weighted by Crippen LogP contribution is -2.17. The van der Waals surface area contributed by atoms with Crippen LogP contribution < -0.4 is 4.90 Å². The predicted molar refractivity (Wildman–Crippen MR) is 76.7 cm³/mol. The first-order valence-corrected chi connectivity index (χ1v) is 6.86. The van der Waals surface area contributed by atoms with Gasteiger partial charge in [0.1, 0.15) is 0 Å². The number of aryl methyl sites for hydroxylation is 1. The third kappa shape index (κ3) is 3.54. The third-order valence-electron chi connectivity index (χ3n) is 2.87. The van der Waals surface area contributed by atoms with Crippen molar-refractivity contribution in [2.45, 2.75) is 19.9 Å². The van der Waals surface area contributed by atoms with Crippen molar-refractivity contribution < 1.29 is 9.90 Å². The average molecular weight is 276 g/mol. The second-order valence-corrected chi connectivity index (χ2v) is 5.31. The Morgan fingerprint density at radius 1 is 1.42 bits per heavy atom. The zero-order valence-electron chi connectivity index (χ0n) is 11.0. The summed E-state index contributed by atoms with van der Waals surface area (Å²) >= 11 is 1.48. The lowest BCUT2D eigenvalue weighted by Gasteiger charge is -2.17. The normalized spacial score (nSPS) is 10.4. The Morgan fingerprint density at radius 2 is 2.16 bits per heavy atom. The van der Waals surface area contributed by atoms with E-state index in [2.05, 4.69) is 24.0 Å². The van der Waals surface area contributed by atoms with Crippen molar-refractivity contribution in [1.29, 1.82) is 0 Å². The molecule has 1 aromatic carbocycles. The van der Waals surface area contributed by atoms with E-state index in [0.717, 1.165) is 11.7 Å². The van der Waals surface area contributed by atoms with Crippen LogP contribution in [0.3, 0.4) is 0 Å². The van der Waals surface area contributed by atoms with Gasteiger partial charge in [-0.05, 0) is 18.1 Å². The summed E-state index contributed by atoms with van der Waals surface area (Å²) in [6.07, 6.45) is -0.0191. The largest absolute Gasteiger partial charge is 0.481 e. The number of hydrogen-bond donors (Lipinski definition) is 1. The molecule has 2 rings (SSSR count). The number of anilines is 1. The first-order chi connectivity index (χ1) is 9.06. The van der Waals surface area contributed by atoms with Gasteiger partial charge in [0.2, 0.25) is 0 Å². The summed E-state index contributed by atoms with van der Waals surface area (Å²) in [5, 5.41) is 11.4. The summed E-state index contributed by atoms with van der Waals surface area (Å²) in [6, 6.07) is 8.22. The van der Waals surface area contributed by atoms with Crippen molar-refractivity contribution in [3.05, 3.63) is 46.5 Å². The molecule has 0 amide bonds. The molecule has 0 saturated carbocycles. The van der Waals surface area contributed by atoms with Crippen LogP contribution in [-0.4, -0.2) is 23.1 Å². The highest BCUT2D eigenvalue weighted by atomic mass is 32.1. The Balaban J connectivity index is 2.08. The Labute approximate surface area is 116 Å². The maximum absolute atomic E-state index is 10.6. The molecule has 5 heteroatoms. The van der Waals surface area contributed by atoms with Crippen LogP contribution in [0, 0.1) is 6.92 Å². The van der Waals surface area contributed by atoms with Crippen LogP contribution >= 0.6 is 11.3 Å². The van der Waals surface area contributed by atoms with E-state index < -0.39 is 5.97 Å². The van der Waals surface area contributed by atoms with Crippen LogP contribution in [0.25, 0.3) is 0 Å². The molecule has 0 fully saturated rings. The lowest BCUT2D eigenvalue weighted by atomic mass is 10.1. The van der Waals surface area contributed by atoms with Crippen LogP contribution in [0.2, 0.25) is 0 Å². The number of hydrogen-bond acceptors (Lipinski definition) is 4. The van der Waals surface area contributed by atoms with E-state index in [9.17, 15) is 4.79 Å². The Morgan fingerprint density at radius 3 is 2.84 bits per heavy atom. The van der Waals surface area contributed by atoms with Crippen molar-refractivity contribution in [1.82, 2.24) is 4.98 Å². The van der Waals surface area contributed by atoms with Crippen molar-refractivity contribution in [2.75, 3.05) is 11.9 Å². The van der Waals surface area contributed by atoms with Gasteiger partial charge in [0.25, 0.3) is 0 Å². The molecule has 1 aromatic heterocycles. The maximum Gasteiger partial charge on any atom is 0.309 e. The molecular weight excluding hydrogens is 260 g/mol. The Kier molecular flexibility index (Phi) is 4.16. The van der Waals surface area contributed by atoms with Crippen molar-refractivity contribution in [2.24, 2.45) is 0 Å². The number of thiazole rings is 1. The standard InChI is InChI=1S/C14H16N2O2S/c1-10-5-3-4-6-11(10)8-16(2)14-15-12(9-19-14)7-13(17)18/h3-6,9H,7-8H2,1-2H3,(H,17,18). The Bertz CT molecular complexity index is 580. The summed E-state index contributed by atoms with van der Waals surface area (Å²) in [5.41, 5.74) is 3.11. The molecule has 0 radical (unpaired) electrons. The van der Waals surface area contributed by atoms with Gasteiger partial charge in [-0.25, -0.2) is 4.98 Å². The maximum atomic E-state index is 10.6. The molecule has 0 bridgehead atoms. The molecule has 0 atom stereocenters. The van der Waals surface area contributed by atoms with E-state index in [1.165, 1.54) is 22.5 Å². The number of aromatic nitrogens is 1. The van der Waals surface area contributed by atoms with Crippen molar-refractivity contribution >= 4 is 22.4 Å². The number of benzene rings is 1. The van der Waals surface area contributed by atoms with E-state index in [0.29, 0.717) is 5.69 Å². The third-order valence-corrected chi connectivity index (χ3v) is 3.87. The zero-order chi connectivity index (χ0) is 13.8. The van der Waals surface area contributed by atoms with Gasteiger partial charge in [0.05, 0.1) is 12.1 Å². The van der Waals surface area contributed by atoms with Crippen LogP contribution in [0.5, 0.6) is 0 Å². The average Bonchev–Trinajstić information content (AvgIpc) is 2.79. The molecule has 1 N–H and O–H groups in total. The summed E-state index contributed by atoms with van der Waals surface area (Å²) in [7, 11) is 1.97. The van der Waals surface area contributed by atoms with Gasteiger partial charge < -0.3 is 10.0 Å². The number of carboxylic acid groups (broad SMARTS) is 1. The monoisotopic (exact) mass is 276 g/mol. The highest BCUT2D eigenvalue weighted by Gasteiger charge is 2.10. The smallest absolute Gasteiger partial charge is 0.309 e. The van der Waals surface area contributed by atoms with Crippen LogP contribution in [-0.2, 0) is 17.8 Å². The fourth-order valence-electron chi connectivity index (χ4n) is 1.82. The fraction of sp³-hybridized carbons (Fsp3) is 0.286. The number of carbonyl (C=O) groups is 1. The number of nitrogens with zero attached hydrogens (tertiary/aromatic N) is 2. The minimum Gasteiger partial charge on any atom is -0.481 e. The molecule has 0 unspecified atom stereocenters. The van der Waals surface area contributed by atoms with Gasteiger partial charge in [-0.15, -0.1) is 11.3 Å². The molecule has 0 aliphatic carbocycles. The van der Waals surface area contributed by atoms with Crippen molar-refractivity contribution in [3.8, 4) is 0 Å². The second kappa shape index (κ2) is 5.84. The van der Waals surface area contributed by atoms with Gasteiger partial charge >= 0.3 is 5.97 Å². The van der Waals surface area contributed by atoms with Gasteiger partial charge in [-0.1, -0.05) is 24.3 Å². The van der Waals surface area contributed by atoms with Crippen molar-refractivity contribution in [3.63, 3.8) is 0 Å². The van der Waals surface area contributed by atoms with Crippen LogP contribution in [0.15, 0.2) is 29.6 Å². The SMILES string of the molecule is Cc1ccccc1CN(C)c1nc(CC(=O)O)cs1. The predicted octanol–water partition coefficient (Wildman–Crippen LogP) is 2.72. The van der Waals surface area contributed by atoms with E-state index >= 15 is 0 Å². The number of carboxylic acids is 1. The quantitative estimate of drug-likeness (QED) is 0.912. The van der Waals surface area contributed by atoms with Gasteiger partial charge in [-0.3, -0.25) is 4.79 Å². The molecule has 100 valence electrons. The van der Waals surface area contributed by atoms with Crippen LogP contribution in [0.4, 0.5) is 5.13 Å². The van der Waals surface area contributed by atoms with Crippen LogP contribution in [0.1, 0.15) is 16.8 Å². The first kappa shape index (κ1) is 13.5. The molecule has 0 spiro atoms.